The van der Waals surface area contributed by atoms with E-state index in [1.54, 1.807) is 14.2 Å². The minimum Gasteiger partial charge on any atom is -0.496 e. The Morgan fingerprint density at radius 3 is 2.22 bits per heavy atom. The van der Waals surface area contributed by atoms with E-state index >= 15 is 0 Å². The Bertz CT molecular complexity index is 1970. The van der Waals surface area contributed by atoms with Crippen LogP contribution in [0.2, 0.25) is 15.2 Å². The lowest BCUT2D eigenvalue weighted by Gasteiger charge is -2.47. The van der Waals surface area contributed by atoms with Crippen molar-refractivity contribution in [1.29, 1.82) is 0 Å². The molecule has 2 aromatic heterocycles. The van der Waals surface area contributed by atoms with Crippen molar-refractivity contribution in [3.8, 4) is 45.3 Å². The topological polar surface area (TPSA) is 118 Å². The molecule has 3 fully saturated rings. The SMILES string of the molecule is COc1cc(-c2cccc(-c3cccc(-c4ccc(CNC[C@@H]5CCC(=O)N5)c(OC)n4)c3Cl)c2Cl)nc(Cl)c1CN1CC2(CNC(=O)C2)C1. The molecule has 1 atom stereocenters. The van der Waals surface area contributed by atoms with Crippen LogP contribution in [0.15, 0.2) is 54.6 Å². The molecule has 13 heteroatoms. The maximum Gasteiger partial charge on any atom is 0.220 e. The van der Waals surface area contributed by atoms with Crippen LogP contribution in [0.4, 0.5) is 0 Å². The van der Waals surface area contributed by atoms with E-state index in [1.165, 1.54) is 0 Å². The molecule has 3 N–H and O–H groups in total. The number of carbonyl (C=O) groups excluding carboxylic acids is 2. The minimum absolute atomic E-state index is 0.0104. The van der Waals surface area contributed by atoms with Gasteiger partial charge in [-0.25, -0.2) is 9.97 Å². The van der Waals surface area contributed by atoms with Crippen molar-refractivity contribution in [2.45, 2.75) is 38.4 Å². The van der Waals surface area contributed by atoms with Crippen LogP contribution in [0.1, 0.15) is 30.4 Å². The highest BCUT2D eigenvalue weighted by Crippen LogP contribution is 2.44. The van der Waals surface area contributed by atoms with Gasteiger partial charge in [-0.1, -0.05) is 77.3 Å². The van der Waals surface area contributed by atoms with Gasteiger partial charge in [0.25, 0.3) is 0 Å². The lowest BCUT2D eigenvalue weighted by molar-refractivity contribution is -0.121. The summed E-state index contributed by atoms with van der Waals surface area (Å²) >= 11 is 21.0. The summed E-state index contributed by atoms with van der Waals surface area (Å²) in [4.78, 5) is 35.1. The number of nitrogens with one attached hydrogen (secondary N) is 3. The van der Waals surface area contributed by atoms with Gasteiger partial charge in [-0.05, 0) is 12.5 Å². The number of hydrogen-bond acceptors (Lipinski definition) is 8. The third kappa shape index (κ3) is 6.87. The zero-order chi connectivity index (χ0) is 35.0. The Kier molecular flexibility index (Phi) is 9.91. The summed E-state index contributed by atoms with van der Waals surface area (Å²) in [5.41, 5.74) is 5.82. The van der Waals surface area contributed by atoms with Gasteiger partial charge in [-0.15, -0.1) is 0 Å². The third-order valence-electron chi connectivity index (χ3n) is 9.71. The zero-order valence-corrected chi connectivity index (χ0v) is 30.0. The molecule has 0 aliphatic carbocycles. The van der Waals surface area contributed by atoms with E-state index < -0.39 is 0 Å². The Balaban J connectivity index is 1.12. The summed E-state index contributed by atoms with van der Waals surface area (Å²) in [5, 5.41) is 10.6. The molecule has 0 unspecified atom stereocenters. The highest BCUT2D eigenvalue weighted by molar-refractivity contribution is 6.39. The molecule has 0 radical (unpaired) electrons. The average molecular weight is 736 g/mol. The number of pyridine rings is 2. The van der Waals surface area contributed by atoms with E-state index in [-0.39, 0.29) is 23.3 Å². The van der Waals surface area contributed by atoms with Gasteiger partial charge < -0.3 is 25.4 Å². The number of likely N-dealkylation sites (tertiary alicyclic amines) is 1. The predicted molar refractivity (Wildman–Crippen MR) is 195 cm³/mol. The first-order valence-corrected chi connectivity index (χ1v) is 17.6. The molecule has 3 aliphatic heterocycles. The normalized spacial score (nSPS) is 18.2. The molecule has 0 saturated carbocycles. The molecule has 3 saturated heterocycles. The zero-order valence-electron chi connectivity index (χ0n) is 27.7. The van der Waals surface area contributed by atoms with Gasteiger partial charge in [0.05, 0.1) is 35.7 Å². The Hall–Kier alpha value is -3.93. The molecule has 3 aliphatic rings. The van der Waals surface area contributed by atoms with Gasteiger partial charge in [0.1, 0.15) is 10.9 Å². The van der Waals surface area contributed by atoms with Crippen molar-refractivity contribution in [2.75, 3.05) is 40.4 Å². The number of hydrogen-bond donors (Lipinski definition) is 3. The monoisotopic (exact) mass is 734 g/mol. The minimum atomic E-state index is 0.0104. The number of halogens is 3. The van der Waals surface area contributed by atoms with Crippen LogP contribution >= 0.6 is 34.8 Å². The first kappa shape index (κ1) is 34.5. The molecule has 1 spiro atoms. The van der Waals surface area contributed by atoms with Crippen LogP contribution in [0.25, 0.3) is 33.6 Å². The van der Waals surface area contributed by atoms with Crippen molar-refractivity contribution in [3.05, 3.63) is 80.9 Å². The van der Waals surface area contributed by atoms with Crippen LogP contribution in [0.3, 0.4) is 0 Å². The fourth-order valence-electron chi connectivity index (χ4n) is 7.21. The summed E-state index contributed by atoms with van der Waals surface area (Å²) in [7, 11) is 3.21. The fourth-order valence-corrected chi connectivity index (χ4v) is 8.11. The highest BCUT2D eigenvalue weighted by atomic mass is 35.5. The standard InChI is InChI=1S/C37H37Cl3N6O4/c1-49-30-13-29(44-35(40)27(30)17-46-19-37(20-46)14-32(48)42-18-37)26-8-4-6-24(34(26)39)23-5-3-7-25(33(23)38)28-11-9-21(36(45-28)50-2)15-41-16-22-10-12-31(47)43-22/h3-9,11,13,22,41H,10,12,14-20H2,1-2H3,(H,42,48)(H,43,47)/t22-/m0/s1. The lowest BCUT2D eigenvalue weighted by Crippen LogP contribution is -2.56. The summed E-state index contributed by atoms with van der Waals surface area (Å²) in [5.74, 6) is 1.32. The van der Waals surface area contributed by atoms with Gasteiger partial charge >= 0.3 is 0 Å². The smallest absolute Gasteiger partial charge is 0.220 e. The van der Waals surface area contributed by atoms with Crippen molar-refractivity contribution < 1.29 is 19.1 Å². The van der Waals surface area contributed by atoms with Crippen LogP contribution < -0.4 is 25.4 Å². The van der Waals surface area contributed by atoms with E-state index in [0.29, 0.717) is 82.8 Å². The maximum absolute atomic E-state index is 11.8. The highest BCUT2D eigenvalue weighted by Gasteiger charge is 2.48. The quantitative estimate of drug-likeness (QED) is 0.157. The molecule has 5 heterocycles. The predicted octanol–water partition coefficient (Wildman–Crippen LogP) is 6.15. The Labute approximate surface area is 305 Å². The summed E-state index contributed by atoms with van der Waals surface area (Å²) in [6, 6.07) is 17.4. The molecular formula is C37H37Cl3N6O4. The lowest BCUT2D eigenvalue weighted by atomic mass is 9.79. The number of carbonyl (C=O) groups is 2. The molecule has 0 bridgehead atoms. The summed E-state index contributed by atoms with van der Waals surface area (Å²) < 4.78 is 11.4. The summed E-state index contributed by atoms with van der Waals surface area (Å²) in [6.07, 6.45) is 1.96. The Morgan fingerprint density at radius 2 is 1.60 bits per heavy atom. The van der Waals surface area contributed by atoms with Gasteiger partial charge in [0.15, 0.2) is 0 Å². The third-order valence-corrected chi connectivity index (χ3v) is 10.8. The number of benzene rings is 2. The van der Waals surface area contributed by atoms with Crippen molar-refractivity contribution in [3.63, 3.8) is 0 Å². The molecule has 10 nitrogen and oxygen atoms in total. The maximum atomic E-state index is 11.8. The molecular weight excluding hydrogens is 699 g/mol. The molecule has 50 heavy (non-hydrogen) atoms. The van der Waals surface area contributed by atoms with E-state index in [2.05, 4.69) is 20.9 Å². The molecule has 2 aromatic carbocycles. The first-order valence-electron chi connectivity index (χ1n) is 16.5. The number of aromatic nitrogens is 2. The van der Waals surface area contributed by atoms with Crippen LogP contribution in [0, 0.1) is 5.41 Å². The second-order valence-corrected chi connectivity index (χ2v) is 14.3. The summed E-state index contributed by atoms with van der Waals surface area (Å²) in [6.45, 7) is 4.12. The number of nitrogens with zero attached hydrogens (tertiary/aromatic N) is 3. The number of amides is 2. The number of methoxy groups -OCH3 is 2. The van der Waals surface area contributed by atoms with Crippen molar-refractivity contribution in [1.82, 2.24) is 30.8 Å². The molecule has 2 amide bonds. The Morgan fingerprint density at radius 1 is 0.900 bits per heavy atom. The number of ether oxygens (including phenoxy) is 2. The second-order valence-electron chi connectivity index (χ2n) is 13.2. The average Bonchev–Trinajstić information content (AvgIpc) is 3.70. The number of rotatable bonds is 11. The van der Waals surface area contributed by atoms with Gasteiger partial charge in [0.2, 0.25) is 17.7 Å². The van der Waals surface area contributed by atoms with E-state index in [0.717, 1.165) is 47.3 Å². The van der Waals surface area contributed by atoms with Crippen LogP contribution in [0.5, 0.6) is 11.6 Å². The van der Waals surface area contributed by atoms with Crippen LogP contribution in [-0.2, 0) is 22.7 Å². The van der Waals surface area contributed by atoms with Gasteiger partial charge in [-0.2, -0.15) is 0 Å². The fraction of sp³-hybridized carbons (Fsp3) is 0.351. The van der Waals surface area contributed by atoms with Crippen LogP contribution in [-0.4, -0.2) is 73.1 Å². The second kappa shape index (κ2) is 14.4. The van der Waals surface area contributed by atoms with Crippen molar-refractivity contribution >= 4 is 46.6 Å². The van der Waals surface area contributed by atoms with Crippen molar-refractivity contribution in [2.24, 2.45) is 5.41 Å². The van der Waals surface area contributed by atoms with E-state index in [4.69, 9.17) is 54.2 Å². The van der Waals surface area contributed by atoms with E-state index in [1.807, 2.05) is 54.6 Å². The van der Waals surface area contributed by atoms with Gasteiger partial charge in [-0.3, -0.25) is 14.5 Å². The first-order chi connectivity index (χ1) is 24.2. The largest absolute Gasteiger partial charge is 0.496 e. The van der Waals surface area contributed by atoms with E-state index in [9.17, 15) is 9.59 Å². The molecule has 7 rings (SSSR count). The van der Waals surface area contributed by atoms with Gasteiger partial charge in [0, 0.05) is 103 Å². The molecule has 4 aromatic rings. The molecule has 260 valence electrons.